The molecule has 0 bridgehead atoms. The molecule has 14 heteroatoms. The average molecular weight is 702 g/mol. The maximum atomic E-state index is 13.9. The summed E-state index contributed by atoms with van der Waals surface area (Å²) in [6.45, 7) is 2.29. The second-order valence-corrected chi connectivity index (χ2v) is 12.7. The summed E-state index contributed by atoms with van der Waals surface area (Å²) in [5.41, 5.74) is 8.15. The first kappa shape index (κ1) is 32.4. The van der Waals surface area contributed by atoms with E-state index in [0.717, 1.165) is 32.7 Å². The quantitative estimate of drug-likeness (QED) is 0.123. The fourth-order valence-corrected chi connectivity index (χ4v) is 7.41. The molecule has 0 spiro atoms. The number of ether oxygens (including phenoxy) is 5. The molecule has 49 heavy (non-hydrogen) atoms. The lowest BCUT2D eigenvalue weighted by atomic mass is 9.95. The summed E-state index contributed by atoms with van der Waals surface area (Å²) in [6.07, 6.45) is 5.89. The third-order valence-electron chi connectivity index (χ3n) is 8.19. The molecular weight excluding hydrogens is 670 g/mol. The lowest BCUT2D eigenvalue weighted by Gasteiger charge is -2.19. The summed E-state index contributed by atoms with van der Waals surface area (Å²) in [5.74, 6) is 1.24. The maximum absolute atomic E-state index is 13.9. The number of hydrogen-bond acceptors (Lipinski definition) is 11. The Morgan fingerprint density at radius 3 is 2.57 bits per heavy atom. The van der Waals surface area contributed by atoms with E-state index in [0.29, 0.717) is 69.2 Å². The molecule has 0 fully saturated rings. The Hall–Kier alpha value is -5.11. The van der Waals surface area contributed by atoms with Crippen molar-refractivity contribution < 1.29 is 33.3 Å². The van der Waals surface area contributed by atoms with Crippen molar-refractivity contribution >= 4 is 51.0 Å². The van der Waals surface area contributed by atoms with Crippen LogP contribution >= 0.6 is 22.9 Å². The summed E-state index contributed by atoms with van der Waals surface area (Å²) in [6, 6.07) is 13.2. The monoisotopic (exact) mass is 701 g/mol. The number of benzene rings is 2. The highest BCUT2D eigenvalue weighted by Crippen LogP contribution is 2.52. The molecule has 0 saturated heterocycles. The molecule has 5 aromatic rings. The zero-order valence-electron chi connectivity index (χ0n) is 27.1. The van der Waals surface area contributed by atoms with Crippen molar-refractivity contribution in [3.8, 4) is 28.7 Å². The van der Waals surface area contributed by atoms with Crippen molar-refractivity contribution in [3.05, 3.63) is 92.7 Å². The first-order valence-electron chi connectivity index (χ1n) is 15.3. The van der Waals surface area contributed by atoms with Crippen LogP contribution in [0.1, 0.15) is 44.0 Å². The van der Waals surface area contributed by atoms with Gasteiger partial charge in [-0.2, -0.15) is 5.10 Å². The first-order valence-corrected chi connectivity index (χ1v) is 16.5. The fourth-order valence-electron chi connectivity index (χ4n) is 6.13. The minimum Gasteiger partial charge on any atom is -0.492 e. The van der Waals surface area contributed by atoms with Crippen LogP contribution in [-0.2, 0) is 22.6 Å². The number of aromatic nitrogens is 2. The number of oxime groups is 1. The smallest absolute Gasteiger partial charge is 0.283 e. The van der Waals surface area contributed by atoms with Crippen molar-refractivity contribution in [3.63, 3.8) is 0 Å². The number of carbonyl (C=O) groups excluding carboxylic acids is 1. The van der Waals surface area contributed by atoms with E-state index in [1.165, 1.54) is 24.7 Å². The number of methoxy groups -OCH3 is 3. The van der Waals surface area contributed by atoms with Crippen LogP contribution in [0.25, 0.3) is 15.9 Å². The lowest BCUT2D eigenvalue weighted by Crippen LogP contribution is -2.19. The molecule has 2 aliphatic heterocycles. The van der Waals surface area contributed by atoms with Gasteiger partial charge in [0.15, 0.2) is 11.5 Å². The Kier molecular flexibility index (Phi) is 9.13. The molecule has 1 atom stereocenters. The van der Waals surface area contributed by atoms with Crippen LogP contribution in [-0.4, -0.2) is 61.6 Å². The van der Waals surface area contributed by atoms with Gasteiger partial charge in [-0.3, -0.25) is 4.79 Å². The van der Waals surface area contributed by atoms with Crippen molar-refractivity contribution in [2.24, 2.45) is 10.3 Å². The Morgan fingerprint density at radius 2 is 1.86 bits per heavy atom. The number of halogens is 1. The summed E-state index contributed by atoms with van der Waals surface area (Å²) >= 11 is 7.38. The van der Waals surface area contributed by atoms with E-state index >= 15 is 0 Å². The molecule has 0 aliphatic carbocycles. The maximum Gasteiger partial charge on any atom is 0.283 e. The summed E-state index contributed by atoms with van der Waals surface area (Å²) < 4.78 is 30.7. The van der Waals surface area contributed by atoms with Crippen molar-refractivity contribution in [1.82, 2.24) is 15.0 Å². The van der Waals surface area contributed by atoms with Gasteiger partial charge < -0.3 is 33.1 Å². The van der Waals surface area contributed by atoms with Gasteiger partial charge >= 0.3 is 0 Å². The highest BCUT2D eigenvalue weighted by Gasteiger charge is 2.34. The largest absolute Gasteiger partial charge is 0.492 e. The number of rotatable bonds is 11. The Labute approximate surface area is 290 Å². The lowest BCUT2D eigenvalue weighted by molar-refractivity contribution is 0.0853. The number of aryl methyl sites for hydroxylation is 1. The van der Waals surface area contributed by atoms with E-state index in [1.807, 2.05) is 66.3 Å². The second kappa shape index (κ2) is 13.8. The van der Waals surface area contributed by atoms with Crippen LogP contribution in [0.4, 0.5) is 0 Å². The molecule has 252 valence electrons. The molecule has 0 radical (unpaired) electrons. The van der Waals surface area contributed by atoms with Gasteiger partial charge in [-0.15, -0.1) is 11.3 Å². The van der Waals surface area contributed by atoms with Crippen LogP contribution in [0.15, 0.2) is 65.1 Å². The standard InChI is InChI=1S/C35H32ClN5O7S/c1-19-13-21(17-43-2)27-28(41-11-5-6-12-41)33(49-35(27)38-19)34(42)39-37-16-25-24(29(44-3)31-32(30(25)45-4)47-18-46-31)14-23-15-26(40-48-23)20-7-9-22(36)10-8-20/h5-13,16,23H,14-15,17-18H2,1-4H3,(H,39,42)/b37-16+. The van der Waals surface area contributed by atoms with Gasteiger partial charge in [0, 0.05) is 59.6 Å². The van der Waals surface area contributed by atoms with Crippen molar-refractivity contribution in [2.45, 2.75) is 32.5 Å². The molecule has 12 nitrogen and oxygen atoms in total. The number of nitrogens with zero attached hydrogens (tertiary/aromatic N) is 4. The highest BCUT2D eigenvalue weighted by molar-refractivity contribution is 7.21. The number of amides is 1. The first-order chi connectivity index (χ1) is 23.9. The molecule has 0 saturated carbocycles. The van der Waals surface area contributed by atoms with E-state index in [1.54, 1.807) is 14.2 Å². The van der Waals surface area contributed by atoms with Crippen LogP contribution in [0.5, 0.6) is 23.0 Å². The Bertz CT molecular complexity index is 2090. The van der Waals surface area contributed by atoms with E-state index in [9.17, 15) is 4.79 Å². The van der Waals surface area contributed by atoms with Gasteiger partial charge in [0.1, 0.15) is 15.8 Å². The number of thiophene rings is 1. The minimum absolute atomic E-state index is 0.00471. The minimum atomic E-state index is -0.405. The number of fused-ring (bicyclic) bond motifs is 2. The molecule has 2 aliphatic rings. The molecule has 1 unspecified atom stereocenters. The number of carbonyl (C=O) groups is 1. The summed E-state index contributed by atoms with van der Waals surface area (Å²) in [5, 5.41) is 10.3. The molecule has 3 aromatic heterocycles. The number of hydrazone groups is 1. The third-order valence-corrected chi connectivity index (χ3v) is 9.52. The zero-order chi connectivity index (χ0) is 34.1. The normalized spacial score (nSPS) is 15.1. The Morgan fingerprint density at radius 1 is 1.12 bits per heavy atom. The van der Waals surface area contributed by atoms with E-state index in [2.05, 4.69) is 15.7 Å². The molecule has 7 rings (SSSR count). The molecule has 5 heterocycles. The topological polar surface area (TPSA) is 127 Å². The van der Waals surface area contributed by atoms with Gasteiger partial charge in [-0.25, -0.2) is 10.4 Å². The molecule has 1 amide bonds. The SMILES string of the molecule is COCc1cc(C)nc2sc(C(=O)N/N=C/c3c(CC4CC(c5ccc(Cl)cc5)=NO4)c(OC)c4c(c3OC)OCO4)c(-n3cccc3)c12. The molecular formula is C35H32ClN5O7S. The van der Waals surface area contributed by atoms with Gasteiger partial charge in [0.25, 0.3) is 5.91 Å². The van der Waals surface area contributed by atoms with Crippen molar-refractivity contribution in [2.75, 3.05) is 28.1 Å². The van der Waals surface area contributed by atoms with Crippen LogP contribution < -0.4 is 24.4 Å². The van der Waals surface area contributed by atoms with E-state index in [-0.39, 0.29) is 12.9 Å². The van der Waals surface area contributed by atoms with Crippen LogP contribution in [0.3, 0.4) is 0 Å². The van der Waals surface area contributed by atoms with Crippen LogP contribution in [0.2, 0.25) is 5.02 Å². The average Bonchev–Trinajstić information content (AvgIpc) is 3.92. The number of hydrogen-bond donors (Lipinski definition) is 1. The zero-order valence-corrected chi connectivity index (χ0v) is 28.7. The van der Waals surface area contributed by atoms with Crippen LogP contribution in [0, 0.1) is 6.92 Å². The van der Waals surface area contributed by atoms with Crippen molar-refractivity contribution in [1.29, 1.82) is 0 Å². The summed E-state index contributed by atoms with van der Waals surface area (Å²) in [7, 11) is 4.73. The van der Waals surface area contributed by atoms with Gasteiger partial charge in [0.05, 0.1) is 38.4 Å². The van der Waals surface area contributed by atoms with E-state index < -0.39 is 5.91 Å². The predicted molar refractivity (Wildman–Crippen MR) is 186 cm³/mol. The van der Waals surface area contributed by atoms with Gasteiger partial charge in [-0.05, 0) is 48.4 Å². The number of pyridine rings is 1. The van der Waals surface area contributed by atoms with Gasteiger partial charge in [0.2, 0.25) is 18.3 Å². The number of nitrogens with one attached hydrogen (secondary N) is 1. The predicted octanol–water partition coefficient (Wildman–Crippen LogP) is 6.44. The summed E-state index contributed by atoms with van der Waals surface area (Å²) in [4.78, 5) is 25.6. The fraction of sp³-hybridized carbons (Fsp3) is 0.257. The third kappa shape index (κ3) is 6.16. The second-order valence-electron chi connectivity index (χ2n) is 11.3. The van der Waals surface area contributed by atoms with E-state index in [4.69, 9.17) is 45.1 Å². The Balaban J connectivity index is 1.22. The van der Waals surface area contributed by atoms with Gasteiger partial charge in [-0.1, -0.05) is 28.9 Å². The molecule has 2 aromatic carbocycles. The molecule has 1 N–H and O–H groups in total. The highest BCUT2D eigenvalue weighted by atomic mass is 35.5.